The van der Waals surface area contributed by atoms with Gasteiger partial charge < -0.3 is 9.80 Å². The maximum absolute atomic E-state index is 12.8. The standard InChI is InChI=1S/C18H18N2O3S2/c1-11-15(22)13-5-3-4-6-14(13)16(23)17(11)25-18(24)20-9-7-19(8-10-20)12(2)21/h3-6H,7-10H2,1-2H3. The molecule has 0 spiro atoms. The minimum absolute atomic E-state index is 0.0569. The van der Waals surface area contributed by atoms with Gasteiger partial charge in [0.05, 0.1) is 4.91 Å². The van der Waals surface area contributed by atoms with Gasteiger partial charge in [-0.25, -0.2) is 0 Å². The van der Waals surface area contributed by atoms with Gasteiger partial charge in [0.25, 0.3) is 0 Å². The number of hydrogen-bond donors (Lipinski definition) is 0. The van der Waals surface area contributed by atoms with E-state index in [2.05, 4.69) is 0 Å². The Morgan fingerprint density at radius 1 is 1.00 bits per heavy atom. The van der Waals surface area contributed by atoms with Crippen molar-refractivity contribution in [2.45, 2.75) is 13.8 Å². The predicted octanol–water partition coefficient (Wildman–Crippen LogP) is 2.52. The summed E-state index contributed by atoms with van der Waals surface area (Å²) in [5, 5.41) is 0. The van der Waals surface area contributed by atoms with E-state index in [0.29, 0.717) is 52.1 Å². The van der Waals surface area contributed by atoms with Gasteiger partial charge in [-0.15, -0.1) is 0 Å². The fourth-order valence-electron chi connectivity index (χ4n) is 2.96. The molecule has 25 heavy (non-hydrogen) atoms. The number of carbonyl (C=O) groups excluding carboxylic acids is 3. The fourth-order valence-corrected chi connectivity index (χ4v) is 4.32. The van der Waals surface area contributed by atoms with Crippen LogP contribution in [0.3, 0.4) is 0 Å². The second-order valence-corrected chi connectivity index (χ2v) is 7.66. The highest BCUT2D eigenvalue weighted by Gasteiger charge is 2.32. The molecule has 1 aromatic rings. The summed E-state index contributed by atoms with van der Waals surface area (Å²) in [5.74, 6) is -0.217. The number of thioether (sulfide) groups is 1. The zero-order valence-electron chi connectivity index (χ0n) is 14.1. The molecule has 0 saturated carbocycles. The Morgan fingerprint density at radius 2 is 1.52 bits per heavy atom. The fraction of sp³-hybridized carbons (Fsp3) is 0.333. The van der Waals surface area contributed by atoms with Gasteiger partial charge in [-0.05, 0) is 6.92 Å². The number of piperazine rings is 1. The lowest BCUT2D eigenvalue weighted by atomic mass is 9.90. The Hall–Kier alpha value is -1.99. The van der Waals surface area contributed by atoms with Crippen LogP contribution >= 0.6 is 24.0 Å². The molecule has 1 aliphatic carbocycles. The van der Waals surface area contributed by atoms with Crippen LogP contribution < -0.4 is 0 Å². The van der Waals surface area contributed by atoms with Gasteiger partial charge in [-0.1, -0.05) is 48.2 Å². The van der Waals surface area contributed by atoms with E-state index in [4.69, 9.17) is 12.2 Å². The van der Waals surface area contributed by atoms with Gasteiger partial charge in [0.2, 0.25) is 11.7 Å². The Kier molecular flexibility index (Phi) is 5.06. The third-order valence-corrected chi connectivity index (χ3v) is 6.11. The molecule has 1 saturated heterocycles. The average molecular weight is 374 g/mol. The Bertz CT molecular complexity index is 808. The zero-order chi connectivity index (χ0) is 18.1. The molecule has 5 nitrogen and oxygen atoms in total. The van der Waals surface area contributed by atoms with Crippen LogP contribution in [0.5, 0.6) is 0 Å². The zero-order valence-corrected chi connectivity index (χ0v) is 15.7. The quantitative estimate of drug-likeness (QED) is 0.704. The van der Waals surface area contributed by atoms with Crippen molar-refractivity contribution in [2.75, 3.05) is 26.2 Å². The lowest BCUT2D eigenvalue weighted by molar-refractivity contribution is -0.130. The van der Waals surface area contributed by atoms with Gasteiger partial charge in [0, 0.05) is 49.8 Å². The minimum atomic E-state index is -0.151. The van der Waals surface area contributed by atoms with Crippen molar-refractivity contribution in [1.82, 2.24) is 9.80 Å². The van der Waals surface area contributed by atoms with Crippen molar-refractivity contribution < 1.29 is 14.4 Å². The Labute approximate surface area is 156 Å². The largest absolute Gasteiger partial charge is 0.354 e. The summed E-state index contributed by atoms with van der Waals surface area (Å²) in [6, 6.07) is 6.87. The molecule has 7 heteroatoms. The topological polar surface area (TPSA) is 57.7 Å². The number of Topliss-reactive ketones (excluding diaryl/α,β-unsaturated/α-hetero) is 2. The van der Waals surface area contributed by atoms with Crippen LogP contribution in [0.1, 0.15) is 34.6 Å². The number of allylic oxidation sites excluding steroid dienone is 2. The van der Waals surface area contributed by atoms with Crippen molar-refractivity contribution in [1.29, 1.82) is 0 Å². The lowest BCUT2D eigenvalue weighted by Gasteiger charge is -2.35. The molecule has 130 valence electrons. The smallest absolute Gasteiger partial charge is 0.219 e. The van der Waals surface area contributed by atoms with Gasteiger partial charge in [-0.2, -0.15) is 0 Å². The number of fused-ring (bicyclic) bond motifs is 1. The first kappa shape index (κ1) is 17.8. The van der Waals surface area contributed by atoms with Crippen molar-refractivity contribution in [2.24, 2.45) is 0 Å². The third kappa shape index (κ3) is 3.39. The summed E-state index contributed by atoms with van der Waals surface area (Å²) in [6.07, 6.45) is 0. The lowest BCUT2D eigenvalue weighted by Crippen LogP contribution is -2.49. The van der Waals surface area contributed by atoms with E-state index < -0.39 is 0 Å². The summed E-state index contributed by atoms with van der Waals surface area (Å²) in [6.45, 7) is 5.73. The highest BCUT2D eigenvalue weighted by Crippen LogP contribution is 2.34. The summed E-state index contributed by atoms with van der Waals surface area (Å²) < 4.78 is 0.568. The molecule has 0 N–H and O–H groups in total. The molecule has 1 aromatic carbocycles. The van der Waals surface area contributed by atoms with Gasteiger partial charge in [-0.3, -0.25) is 14.4 Å². The Morgan fingerprint density at radius 3 is 2.08 bits per heavy atom. The first-order valence-electron chi connectivity index (χ1n) is 8.01. The number of rotatable bonds is 1. The third-order valence-electron chi connectivity index (χ3n) is 4.48. The highest BCUT2D eigenvalue weighted by molar-refractivity contribution is 8.26. The van der Waals surface area contributed by atoms with Crippen molar-refractivity contribution >= 4 is 45.8 Å². The molecule has 0 bridgehead atoms. The molecule has 1 amide bonds. The predicted molar refractivity (Wildman–Crippen MR) is 102 cm³/mol. The summed E-state index contributed by atoms with van der Waals surface area (Å²) in [4.78, 5) is 40.9. The molecular formula is C18H18N2O3S2. The number of nitrogens with zero attached hydrogens (tertiary/aromatic N) is 2. The van der Waals surface area contributed by atoms with E-state index in [1.807, 2.05) is 4.90 Å². The molecule has 3 rings (SSSR count). The maximum Gasteiger partial charge on any atom is 0.219 e. The molecule has 0 radical (unpaired) electrons. The van der Waals surface area contributed by atoms with Crippen molar-refractivity contribution in [3.05, 3.63) is 45.9 Å². The van der Waals surface area contributed by atoms with Crippen LogP contribution in [-0.2, 0) is 4.79 Å². The van der Waals surface area contributed by atoms with Crippen LogP contribution in [0.25, 0.3) is 0 Å². The molecule has 1 fully saturated rings. The molecule has 0 unspecified atom stereocenters. The number of carbonyl (C=O) groups is 3. The Balaban J connectivity index is 1.76. The van der Waals surface area contributed by atoms with Gasteiger partial charge in [0.15, 0.2) is 5.78 Å². The summed E-state index contributed by atoms with van der Waals surface area (Å²) in [7, 11) is 0. The van der Waals surface area contributed by atoms with E-state index in [1.165, 1.54) is 11.8 Å². The first-order valence-corrected chi connectivity index (χ1v) is 9.24. The molecule has 1 aliphatic heterocycles. The maximum atomic E-state index is 12.8. The first-order chi connectivity index (χ1) is 11.9. The van der Waals surface area contributed by atoms with E-state index in [9.17, 15) is 14.4 Å². The molecule has 1 heterocycles. The second kappa shape index (κ2) is 7.09. The SMILES string of the molecule is CC(=O)N1CCN(C(=S)SC2=C(C)C(=O)c3ccccc3C2=O)CC1. The summed E-state index contributed by atoms with van der Waals surface area (Å²) in [5.41, 5.74) is 1.33. The highest BCUT2D eigenvalue weighted by atomic mass is 32.2. The van der Waals surface area contributed by atoms with Crippen LogP contribution in [-0.4, -0.2) is 57.8 Å². The van der Waals surface area contributed by atoms with Crippen LogP contribution in [0.2, 0.25) is 0 Å². The van der Waals surface area contributed by atoms with E-state index >= 15 is 0 Å². The van der Waals surface area contributed by atoms with Crippen molar-refractivity contribution in [3.63, 3.8) is 0 Å². The van der Waals surface area contributed by atoms with Gasteiger partial charge in [0.1, 0.15) is 4.32 Å². The average Bonchev–Trinajstić information content (AvgIpc) is 2.63. The number of thiocarbonyl (C=S) groups is 1. The summed E-state index contributed by atoms with van der Waals surface area (Å²) >= 11 is 6.67. The van der Waals surface area contributed by atoms with Crippen LogP contribution in [0.4, 0.5) is 0 Å². The van der Waals surface area contributed by atoms with Gasteiger partial charge >= 0.3 is 0 Å². The van der Waals surface area contributed by atoms with E-state index in [0.717, 1.165) is 0 Å². The van der Waals surface area contributed by atoms with Crippen LogP contribution in [0.15, 0.2) is 34.7 Å². The molecular weight excluding hydrogens is 356 g/mol. The van der Waals surface area contributed by atoms with Crippen LogP contribution in [0, 0.1) is 0 Å². The second-order valence-electron chi connectivity index (χ2n) is 6.02. The monoisotopic (exact) mass is 374 g/mol. The molecule has 2 aliphatic rings. The van der Waals surface area contributed by atoms with E-state index in [-0.39, 0.29) is 17.5 Å². The number of amides is 1. The molecule has 0 aromatic heterocycles. The number of hydrogen-bond acceptors (Lipinski definition) is 5. The van der Waals surface area contributed by atoms with E-state index in [1.54, 1.807) is 43.0 Å². The minimum Gasteiger partial charge on any atom is -0.354 e. The van der Waals surface area contributed by atoms with Crippen molar-refractivity contribution in [3.8, 4) is 0 Å². The number of ketones is 2. The number of benzene rings is 1. The molecule has 0 atom stereocenters. The normalized spacial score (nSPS) is 17.7.